The Labute approximate surface area is 199 Å². The Morgan fingerprint density at radius 2 is 1.76 bits per heavy atom. The lowest BCUT2D eigenvalue weighted by Crippen LogP contribution is -2.28. The van der Waals surface area contributed by atoms with Crippen LogP contribution < -0.4 is 10.2 Å². The Kier molecular flexibility index (Phi) is 8.04. The van der Waals surface area contributed by atoms with Crippen LogP contribution in [0.5, 0.6) is 0 Å². The maximum Gasteiger partial charge on any atom is 0.338 e. The lowest BCUT2D eigenvalue weighted by atomic mass is 10.1. The van der Waals surface area contributed by atoms with E-state index in [1.807, 2.05) is 45.9 Å². The number of carbonyl (C=O) groups is 4. The monoisotopic (exact) mass is 466 g/mol. The highest BCUT2D eigenvalue weighted by Crippen LogP contribution is 2.29. The van der Waals surface area contributed by atoms with Gasteiger partial charge >= 0.3 is 11.9 Å². The maximum absolute atomic E-state index is 12.5. The minimum Gasteiger partial charge on any atom is -0.462 e. The Morgan fingerprint density at radius 3 is 2.44 bits per heavy atom. The highest BCUT2D eigenvalue weighted by molar-refractivity contribution is 6.00. The molecule has 0 unspecified atom stereocenters. The molecule has 1 aliphatic rings. The predicted molar refractivity (Wildman–Crippen MR) is 128 cm³/mol. The lowest BCUT2D eigenvalue weighted by molar-refractivity contribution is -0.151. The van der Waals surface area contributed by atoms with E-state index in [1.54, 1.807) is 29.2 Å². The lowest BCUT2D eigenvalue weighted by Gasteiger charge is -2.19. The molecule has 1 atom stereocenters. The van der Waals surface area contributed by atoms with Gasteiger partial charge in [0.05, 0.1) is 18.1 Å². The Hall–Kier alpha value is -3.68. The van der Waals surface area contributed by atoms with E-state index in [0.717, 1.165) is 16.8 Å². The van der Waals surface area contributed by atoms with Crippen LogP contribution in [0.15, 0.2) is 42.5 Å². The molecule has 0 aromatic heterocycles. The van der Waals surface area contributed by atoms with Crippen LogP contribution in [0.25, 0.3) is 0 Å². The summed E-state index contributed by atoms with van der Waals surface area (Å²) in [6.45, 7) is 7.84. The standard InChI is InChI=1S/C26H30N2O6/c1-16(2)14-33-25(31)19-7-9-21(10-8-19)27-23(29)15-34-26(32)20-12-24(30)28(13-20)22-11-17(3)5-6-18(22)4/h5-11,16,20H,12-15H2,1-4H3,(H,27,29)/t20-/m0/s1. The van der Waals surface area contributed by atoms with Crippen molar-refractivity contribution in [3.63, 3.8) is 0 Å². The summed E-state index contributed by atoms with van der Waals surface area (Å²) in [5.41, 5.74) is 3.60. The molecule has 0 saturated carbocycles. The number of carbonyl (C=O) groups excluding carboxylic acids is 4. The summed E-state index contributed by atoms with van der Waals surface area (Å²) in [6, 6.07) is 12.1. The molecule has 0 spiro atoms. The first-order valence-corrected chi connectivity index (χ1v) is 11.3. The highest BCUT2D eigenvalue weighted by Gasteiger charge is 2.36. The molecule has 0 bridgehead atoms. The topological polar surface area (TPSA) is 102 Å². The molecule has 3 rings (SSSR count). The van der Waals surface area contributed by atoms with E-state index >= 15 is 0 Å². The van der Waals surface area contributed by atoms with Crippen molar-refractivity contribution in [3.05, 3.63) is 59.2 Å². The normalized spacial score (nSPS) is 15.4. The molecule has 1 aliphatic heterocycles. The SMILES string of the molecule is Cc1ccc(C)c(N2C[C@@H](C(=O)OCC(=O)Nc3ccc(C(=O)OCC(C)C)cc3)CC2=O)c1. The number of ether oxygens (including phenoxy) is 2. The van der Waals surface area contributed by atoms with Crippen molar-refractivity contribution in [2.45, 2.75) is 34.1 Å². The first kappa shape index (κ1) is 25.0. The molecule has 34 heavy (non-hydrogen) atoms. The Balaban J connectivity index is 1.48. The molecule has 1 heterocycles. The van der Waals surface area contributed by atoms with Gasteiger partial charge in [-0.2, -0.15) is 0 Å². The van der Waals surface area contributed by atoms with Gasteiger partial charge in [-0.25, -0.2) is 4.79 Å². The predicted octanol–water partition coefficient (Wildman–Crippen LogP) is 3.65. The summed E-state index contributed by atoms with van der Waals surface area (Å²) in [5, 5.41) is 2.62. The van der Waals surface area contributed by atoms with E-state index in [1.165, 1.54) is 0 Å². The number of hydrogen-bond donors (Lipinski definition) is 1. The van der Waals surface area contributed by atoms with Crippen LogP contribution in [-0.4, -0.2) is 43.5 Å². The van der Waals surface area contributed by atoms with Gasteiger partial charge in [-0.05, 0) is 61.2 Å². The number of hydrogen-bond acceptors (Lipinski definition) is 6. The van der Waals surface area contributed by atoms with Crippen LogP contribution in [0.4, 0.5) is 11.4 Å². The summed E-state index contributed by atoms with van der Waals surface area (Å²) in [6.07, 6.45) is 0.0439. The van der Waals surface area contributed by atoms with Gasteiger partial charge in [0.2, 0.25) is 5.91 Å². The minimum atomic E-state index is -0.628. The van der Waals surface area contributed by atoms with E-state index in [0.29, 0.717) is 17.9 Å². The molecular weight excluding hydrogens is 436 g/mol. The maximum atomic E-state index is 12.5. The number of nitrogens with zero attached hydrogens (tertiary/aromatic N) is 1. The Morgan fingerprint density at radius 1 is 1.06 bits per heavy atom. The molecule has 0 radical (unpaired) electrons. The third kappa shape index (κ3) is 6.43. The van der Waals surface area contributed by atoms with Crippen molar-refractivity contribution in [1.82, 2.24) is 0 Å². The average Bonchev–Trinajstić information content (AvgIpc) is 3.19. The van der Waals surface area contributed by atoms with E-state index in [4.69, 9.17) is 9.47 Å². The minimum absolute atomic E-state index is 0.0439. The number of esters is 2. The van der Waals surface area contributed by atoms with Gasteiger partial charge in [0.1, 0.15) is 0 Å². The molecule has 180 valence electrons. The summed E-state index contributed by atoms with van der Waals surface area (Å²) in [7, 11) is 0. The first-order valence-electron chi connectivity index (χ1n) is 11.3. The average molecular weight is 467 g/mol. The van der Waals surface area contributed by atoms with Crippen LogP contribution in [0, 0.1) is 25.7 Å². The summed E-state index contributed by atoms with van der Waals surface area (Å²) < 4.78 is 10.3. The van der Waals surface area contributed by atoms with Crippen molar-refractivity contribution >= 4 is 35.1 Å². The molecular formula is C26H30N2O6. The van der Waals surface area contributed by atoms with Gasteiger partial charge in [0.15, 0.2) is 6.61 Å². The van der Waals surface area contributed by atoms with Crippen molar-refractivity contribution in [2.75, 3.05) is 30.0 Å². The van der Waals surface area contributed by atoms with Gasteiger partial charge in [-0.15, -0.1) is 0 Å². The van der Waals surface area contributed by atoms with E-state index in [9.17, 15) is 19.2 Å². The van der Waals surface area contributed by atoms with Crippen molar-refractivity contribution in [1.29, 1.82) is 0 Å². The second-order valence-corrected chi connectivity index (χ2v) is 8.92. The first-order chi connectivity index (χ1) is 16.1. The third-order valence-electron chi connectivity index (χ3n) is 5.41. The second-order valence-electron chi connectivity index (χ2n) is 8.92. The molecule has 2 aromatic rings. The molecule has 2 amide bonds. The molecule has 8 heteroatoms. The van der Waals surface area contributed by atoms with Gasteiger partial charge in [0, 0.05) is 24.3 Å². The van der Waals surface area contributed by atoms with E-state index < -0.39 is 30.4 Å². The molecule has 8 nitrogen and oxygen atoms in total. The largest absolute Gasteiger partial charge is 0.462 e. The number of amides is 2. The van der Waals surface area contributed by atoms with Crippen LogP contribution in [-0.2, 0) is 23.9 Å². The zero-order valence-electron chi connectivity index (χ0n) is 19.9. The molecule has 0 aliphatic carbocycles. The smallest absolute Gasteiger partial charge is 0.338 e. The van der Waals surface area contributed by atoms with E-state index in [2.05, 4.69) is 5.32 Å². The van der Waals surface area contributed by atoms with Gasteiger partial charge in [-0.1, -0.05) is 26.0 Å². The molecule has 1 fully saturated rings. The fourth-order valence-corrected chi connectivity index (χ4v) is 3.58. The number of anilines is 2. The van der Waals surface area contributed by atoms with Crippen molar-refractivity contribution in [3.8, 4) is 0 Å². The van der Waals surface area contributed by atoms with Gasteiger partial charge in [-0.3, -0.25) is 14.4 Å². The molecule has 2 aromatic carbocycles. The summed E-state index contributed by atoms with van der Waals surface area (Å²) >= 11 is 0. The van der Waals surface area contributed by atoms with Crippen LogP contribution in [0.2, 0.25) is 0 Å². The Bertz CT molecular complexity index is 1080. The van der Waals surface area contributed by atoms with Crippen molar-refractivity contribution < 1.29 is 28.7 Å². The second kappa shape index (κ2) is 11.0. The zero-order valence-corrected chi connectivity index (χ0v) is 19.9. The van der Waals surface area contributed by atoms with Crippen molar-refractivity contribution in [2.24, 2.45) is 11.8 Å². The summed E-state index contributed by atoms with van der Waals surface area (Å²) in [4.78, 5) is 50.7. The number of rotatable bonds is 8. The molecule has 1 saturated heterocycles. The highest BCUT2D eigenvalue weighted by atomic mass is 16.5. The van der Waals surface area contributed by atoms with Crippen LogP contribution in [0.1, 0.15) is 41.8 Å². The van der Waals surface area contributed by atoms with Crippen LogP contribution in [0.3, 0.4) is 0 Å². The number of nitrogens with one attached hydrogen (secondary N) is 1. The quantitative estimate of drug-likeness (QED) is 0.596. The fourth-order valence-electron chi connectivity index (χ4n) is 3.58. The fraction of sp³-hybridized carbons (Fsp3) is 0.385. The van der Waals surface area contributed by atoms with Gasteiger partial charge in [0.25, 0.3) is 5.91 Å². The number of aryl methyl sites for hydroxylation is 2. The van der Waals surface area contributed by atoms with Gasteiger partial charge < -0.3 is 19.7 Å². The summed E-state index contributed by atoms with van der Waals surface area (Å²) in [5.74, 6) is -2.06. The zero-order chi connectivity index (χ0) is 24.8. The number of benzene rings is 2. The van der Waals surface area contributed by atoms with E-state index in [-0.39, 0.29) is 24.8 Å². The van der Waals surface area contributed by atoms with Crippen LogP contribution >= 0.6 is 0 Å². The third-order valence-corrected chi connectivity index (χ3v) is 5.41. The molecule has 1 N–H and O–H groups in total.